The lowest BCUT2D eigenvalue weighted by Gasteiger charge is -2.12. The van der Waals surface area contributed by atoms with Crippen LogP contribution in [0, 0.1) is 20.8 Å². The van der Waals surface area contributed by atoms with E-state index in [0.717, 1.165) is 32.8 Å². The van der Waals surface area contributed by atoms with Crippen LogP contribution in [0.3, 0.4) is 0 Å². The fraction of sp³-hybridized carbons (Fsp3) is 0.263. The maximum Gasteiger partial charge on any atom is 0.264 e. The highest BCUT2D eigenvalue weighted by Gasteiger charge is 2.11. The van der Waals surface area contributed by atoms with Gasteiger partial charge in [0, 0.05) is 0 Å². The van der Waals surface area contributed by atoms with Gasteiger partial charge in [0.05, 0.1) is 17.3 Å². The highest BCUT2D eigenvalue weighted by atomic mass is 32.1. The van der Waals surface area contributed by atoms with Gasteiger partial charge in [0.15, 0.2) is 11.7 Å². The van der Waals surface area contributed by atoms with E-state index in [1.54, 1.807) is 7.11 Å². The zero-order chi connectivity index (χ0) is 18.0. The summed E-state index contributed by atoms with van der Waals surface area (Å²) in [5.74, 6) is 1.29. The Bertz CT molecular complexity index is 911. The largest absolute Gasteiger partial charge is 0.497 e. The van der Waals surface area contributed by atoms with Crippen molar-refractivity contribution in [1.29, 1.82) is 0 Å². The van der Waals surface area contributed by atoms with E-state index in [4.69, 9.17) is 9.47 Å². The van der Waals surface area contributed by atoms with Crippen LogP contribution in [0.1, 0.15) is 16.7 Å². The molecule has 0 aliphatic carbocycles. The number of hydrogen-bond donors (Lipinski definition) is 1. The first-order valence-corrected chi connectivity index (χ1v) is 8.73. The topological polar surface area (TPSA) is 60.5 Å². The summed E-state index contributed by atoms with van der Waals surface area (Å²) in [6.07, 6.45) is 0. The number of rotatable bonds is 5. The standard InChI is InChI=1S/C19H20N2O3S/c1-11-7-12(2)18(13(3)8-11)24-10-17(22)21-19-20-15-6-5-14(23-4)9-16(15)25-19/h5-9H,10H2,1-4H3,(H,20,21,22). The van der Waals surface area contributed by atoms with E-state index < -0.39 is 0 Å². The van der Waals surface area contributed by atoms with Crippen LogP contribution in [0.5, 0.6) is 11.5 Å². The Morgan fingerprint density at radius 3 is 2.56 bits per heavy atom. The highest BCUT2D eigenvalue weighted by Crippen LogP contribution is 2.29. The van der Waals surface area contributed by atoms with E-state index in [0.29, 0.717) is 5.13 Å². The fourth-order valence-corrected chi connectivity index (χ4v) is 3.68. The molecule has 1 N–H and O–H groups in total. The van der Waals surface area contributed by atoms with Gasteiger partial charge in [-0.2, -0.15) is 0 Å². The van der Waals surface area contributed by atoms with E-state index in [-0.39, 0.29) is 12.5 Å². The molecule has 0 aliphatic rings. The zero-order valence-corrected chi connectivity index (χ0v) is 15.5. The van der Waals surface area contributed by atoms with Crippen molar-refractivity contribution in [3.63, 3.8) is 0 Å². The number of anilines is 1. The number of benzene rings is 2. The van der Waals surface area contributed by atoms with Crippen LogP contribution in [0.25, 0.3) is 10.2 Å². The van der Waals surface area contributed by atoms with Crippen LogP contribution in [0.15, 0.2) is 30.3 Å². The van der Waals surface area contributed by atoms with E-state index >= 15 is 0 Å². The molecule has 3 aromatic rings. The summed E-state index contributed by atoms with van der Waals surface area (Å²) in [7, 11) is 1.62. The summed E-state index contributed by atoms with van der Waals surface area (Å²) in [6.45, 7) is 5.95. The van der Waals surface area contributed by atoms with Crippen molar-refractivity contribution in [3.8, 4) is 11.5 Å². The molecule has 0 spiro atoms. The molecule has 2 aromatic carbocycles. The second-order valence-corrected chi connectivity index (χ2v) is 6.95. The minimum atomic E-state index is -0.231. The number of fused-ring (bicyclic) bond motifs is 1. The van der Waals surface area contributed by atoms with Crippen molar-refractivity contribution < 1.29 is 14.3 Å². The smallest absolute Gasteiger partial charge is 0.264 e. The normalized spacial score (nSPS) is 10.7. The molecule has 5 nitrogen and oxygen atoms in total. The number of thiazole rings is 1. The Labute approximate surface area is 150 Å². The number of aryl methyl sites for hydroxylation is 3. The Balaban J connectivity index is 1.67. The number of nitrogens with one attached hydrogen (secondary N) is 1. The molecule has 1 aromatic heterocycles. The lowest BCUT2D eigenvalue weighted by molar-refractivity contribution is -0.118. The first-order chi connectivity index (χ1) is 12.0. The first-order valence-electron chi connectivity index (χ1n) is 7.91. The van der Waals surface area contributed by atoms with Crippen molar-refractivity contribution in [2.45, 2.75) is 20.8 Å². The van der Waals surface area contributed by atoms with Gasteiger partial charge in [-0.25, -0.2) is 4.98 Å². The van der Waals surface area contributed by atoms with Gasteiger partial charge < -0.3 is 9.47 Å². The van der Waals surface area contributed by atoms with Crippen LogP contribution in [-0.4, -0.2) is 24.6 Å². The zero-order valence-electron chi connectivity index (χ0n) is 14.7. The molecule has 0 bridgehead atoms. The van der Waals surface area contributed by atoms with Crippen LogP contribution < -0.4 is 14.8 Å². The van der Waals surface area contributed by atoms with E-state index in [2.05, 4.69) is 10.3 Å². The summed E-state index contributed by atoms with van der Waals surface area (Å²) in [5, 5.41) is 3.34. The Morgan fingerprint density at radius 1 is 1.16 bits per heavy atom. The molecule has 0 saturated heterocycles. The van der Waals surface area contributed by atoms with Crippen molar-refractivity contribution in [2.24, 2.45) is 0 Å². The van der Waals surface area contributed by atoms with Crippen LogP contribution in [0.4, 0.5) is 5.13 Å². The number of carbonyl (C=O) groups is 1. The monoisotopic (exact) mass is 356 g/mol. The predicted octanol–water partition coefficient (Wildman–Crippen LogP) is 4.25. The molecular weight excluding hydrogens is 336 g/mol. The number of methoxy groups -OCH3 is 1. The molecule has 0 aliphatic heterocycles. The molecule has 25 heavy (non-hydrogen) atoms. The van der Waals surface area contributed by atoms with Gasteiger partial charge in [0.1, 0.15) is 11.5 Å². The lowest BCUT2D eigenvalue weighted by atomic mass is 10.1. The minimum absolute atomic E-state index is 0.0516. The highest BCUT2D eigenvalue weighted by molar-refractivity contribution is 7.22. The predicted molar refractivity (Wildman–Crippen MR) is 101 cm³/mol. The lowest BCUT2D eigenvalue weighted by Crippen LogP contribution is -2.20. The summed E-state index contributed by atoms with van der Waals surface area (Å²) < 4.78 is 11.9. The molecule has 0 saturated carbocycles. The summed E-state index contributed by atoms with van der Waals surface area (Å²) >= 11 is 1.41. The molecule has 0 unspecified atom stereocenters. The second kappa shape index (κ2) is 7.11. The molecule has 1 amide bonds. The molecular formula is C19H20N2O3S. The van der Waals surface area contributed by atoms with Gasteiger partial charge in [-0.1, -0.05) is 29.0 Å². The minimum Gasteiger partial charge on any atom is -0.497 e. The fourth-order valence-electron chi connectivity index (χ4n) is 2.77. The van der Waals surface area contributed by atoms with Crippen LogP contribution in [0.2, 0.25) is 0 Å². The molecule has 0 atom stereocenters. The maximum atomic E-state index is 12.2. The molecule has 1 heterocycles. The number of nitrogens with zero attached hydrogens (tertiary/aromatic N) is 1. The number of ether oxygens (including phenoxy) is 2. The Hall–Kier alpha value is -2.60. The van der Waals surface area contributed by atoms with Gasteiger partial charge in [0.2, 0.25) is 0 Å². The van der Waals surface area contributed by atoms with Gasteiger partial charge >= 0.3 is 0 Å². The molecule has 0 fully saturated rings. The Kier molecular flexibility index (Phi) is 4.90. The quantitative estimate of drug-likeness (QED) is 0.742. The Morgan fingerprint density at radius 2 is 1.88 bits per heavy atom. The molecule has 3 rings (SSSR count). The van der Waals surface area contributed by atoms with Crippen LogP contribution in [-0.2, 0) is 4.79 Å². The third-order valence-electron chi connectivity index (χ3n) is 3.79. The average molecular weight is 356 g/mol. The molecule has 6 heteroatoms. The second-order valence-electron chi connectivity index (χ2n) is 5.92. The van der Waals surface area contributed by atoms with E-state index in [1.165, 1.54) is 16.9 Å². The van der Waals surface area contributed by atoms with Crippen molar-refractivity contribution in [3.05, 3.63) is 47.0 Å². The molecule has 130 valence electrons. The number of aromatic nitrogens is 1. The third kappa shape index (κ3) is 3.91. The van der Waals surface area contributed by atoms with Gasteiger partial charge in [0.25, 0.3) is 5.91 Å². The van der Waals surface area contributed by atoms with Gasteiger partial charge in [-0.05, 0) is 50.1 Å². The molecule has 0 radical (unpaired) electrons. The van der Waals surface area contributed by atoms with Crippen molar-refractivity contribution >= 4 is 32.6 Å². The van der Waals surface area contributed by atoms with E-state index in [9.17, 15) is 4.79 Å². The summed E-state index contributed by atoms with van der Waals surface area (Å²) in [6, 6.07) is 9.70. The average Bonchev–Trinajstić information content (AvgIpc) is 2.94. The first kappa shape index (κ1) is 17.2. The summed E-state index contributed by atoms with van der Waals surface area (Å²) in [4.78, 5) is 16.6. The van der Waals surface area contributed by atoms with Crippen LogP contribution >= 0.6 is 11.3 Å². The summed E-state index contributed by atoms with van der Waals surface area (Å²) in [5.41, 5.74) is 4.05. The SMILES string of the molecule is COc1ccc2nc(NC(=O)COc3c(C)cc(C)cc3C)sc2c1. The van der Waals surface area contributed by atoms with E-state index in [1.807, 2.05) is 51.1 Å². The van der Waals surface area contributed by atoms with Gasteiger partial charge in [-0.3, -0.25) is 10.1 Å². The van der Waals surface area contributed by atoms with Crippen molar-refractivity contribution in [1.82, 2.24) is 4.98 Å². The number of amides is 1. The van der Waals surface area contributed by atoms with Gasteiger partial charge in [-0.15, -0.1) is 0 Å². The van der Waals surface area contributed by atoms with Crippen molar-refractivity contribution in [2.75, 3.05) is 19.0 Å². The number of carbonyl (C=O) groups excluding carboxylic acids is 1. The third-order valence-corrected chi connectivity index (χ3v) is 4.73. The maximum absolute atomic E-state index is 12.2. The number of hydrogen-bond acceptors (Lipinski definition) is 5.